The Balaban J connectivity index is 1.51. The second-order valence-electron chi connectivity index (χ2n) is 7.40. The normalized spacial score (nSPS) is 23.1. The number of rotatable bonds is 4. The Bertz CT molecular complexity index is 996. The summed E-state index contributed by atoms with van der Waals surface area (Å²) in [4.78, 5) is 39.4. The standard InChI is InChI=1S/C23H22N2O4/c1-14-5-3-8-19-20(14)23(28)25(22(19)27)17-11-9-15(10-12-17)21(26)24-16-6-4-7-18(13-16)29-2/h3-7,9-14,19-20H,8H2,1-2H3,(H,24,26)/t14-,19-,20+/m1/s1. The quantitative estimate of drug-likeness (QED) is 0.639. The molecular weight excluding hydrogens is 368 g/mol. The van der Waals surface area contributed by atoms with Crippen LogP contribution in [0.2, 0.25) is 0 Å². The van der Waals surface area contributed by atoms with Gasteiger partial charge < -0.3 is 10.1 Å². The largest absolute Gasteiger partial charge is 0.497 e. The van der Waals surface area contributed by atoms with Crippen LogP contribution in [-0.2, 0) is 9.59 Å². The molecule has 1 N–H and O–H groups in total. The summed E-state index contributed by atoms with van der Waals surface area (Å²) < 4.78 is 5.16. The second-order valence-corrected chi connectivity index (χ2v) is 7.40. The van der Waals surface area contributed by atoms with E-state index >= 15 is 0 Å². The van der Waals surface area contributed by atoms with Gasteiger partial charge >= 0.3 is 0 Å². The number of carbonyl (C=O) groups excluding carboxylic acids is 3. The first-order valence-corrected chi connectivity index (χ1v) is 9.59. The number of anilines is 2. The van der Waals surface area contributed by atoms with Crippen LogP contribution in [-0.4, -0.2) is 24.8 Å². The summed E-state index contributed by atoms with van der Waals surface area (Å²) in [6.07, 6.45) is 4.57. The van der Waals surface area contributed by atoms with E-state index in [9.17, 15) is 14.4 Å². The lowest BCUT2D eigenvalue weighted by molar-refractivity contribution is -0.122. The molecule has 2 aliphatic rings. The highest BCUT2D eigenvalue weighted by Gasteiger charge is 2.50. The van der Waals surface area contributed by atoms with Crippen molar-refractivity contribution in [3.05, 3.63) is 66.2 Å². The maximum atomic E-state index is 12.9. The van der Waals surface area contributed by atoms with E-state index in [1.807, 2.05) is 19.1 Å². The zero-order valence-corrected chi connectivity index (χ0v) is 16.3. The average Bonchev–Trinajstić information content (AvgIpc) is 2.99. The molecule has 0 bridgehead atoms. The molecule has 148 valence electrons. The smallest absolute Gasteiger partial charge is 0.255 e. The molecule has 3 amide bonds. The average molecular weight is 390 g/mol. The molecule has 1 fully saturated rings. The number of allylic oxidation sites excluding steroid dienone is 2. The van der Waals surface area contributed by atoms with Crippen molar-refractivity contribution in [3.8, 4) is 5.75 Å². The number of carbonyl (C=O) groups is 3. The highest BCUT2D eigenvalue weighted by atomic mass is 16.5. The summed E-state index contributed by atoms with van der Waals surface area (Å²) in [6, 6.07) is 13.6. The Morgan fingerprint density at radius 2 is 1.86 bits per heavy atom. The predicted octanol–water partition coefficient (Wildman–Crippen LogP) is 3.65. The number of hydrogen-bond donors (Lipinski definition) is 1. The fraction of sp³-hybridized carbons (Fsp3) is 0.261. The van der Waals surface area contributed by atoms with E-state index in [0.29, 0.717) is 29.1 Å². The van der Waals surface area contributed by atoms with Crippen LogP contribution in [0.1, 0.15) is 23.7 Å². The number of nitrogens with one attached hydrogen (secondary N) is 1. The predicted molar refractivity (Wildman–Crippen MR) is 110 cm³/mol. The first-order valence-electron chi connectivity index (χ1n) is 9.59. The Morgan fingerprint density at radius 1 is 1.10 bits per heavy atom. The lowest BCUT2D eigenvalue weighted by Crippen LogP contribution is -2.31. The van der Waals surface area contributed by atoms with Gasteiger partial charge in [-0.05, 0) is 48.7 Å². The molecular formula is C23H22N2O4. The number of hydrogen-bond acceptors (Lipinski definition) is 4. The number of ether oxygens (including phenoxy) is 1. The molecule has 1 aliphatic heterocycles. The molecule has 1 heterocycles. The fourth-order valence-electron chi connectivity index (χ4n) is 4.07. The Kier molecular flexibility index (Phi) is 4.92. The van der Waals surface area contributed by atoms with Crippen LogP contribution in [0.4, 0.5) is 11.4 Å². The molecule has 29 heavy (non-hydrogen) atoms. The third kappa shape index (κ3) is 3.42. The maximum Gasteiger partial charge on any atom is 0.255 e. The number of amides is 3. The van der Waals surface area contributed by atoms with Crippen LogP contribution < -0.4 is 15.0 Å². The van der Waals surface area contributed by atoms with Crippen molar-refractivity contribution in [1.29, 1.82) is 0 Å². The van der Waals surface area contributed by atoms with Gasteiger partial charge in [0.05, 0.1) is 24.6 Å². The van der Waals surface area contributed by atoms with Gasteiger partial charge in [-0.2, -0.15) is 0 Å². The molecule has 6 nitrogen and oxygen atoms in total. The molecule has 0 aromatic heterocycles. The van der Waals surface area contributed by atoms with E-state index < -0.39 is 0 Å². The lowest BCUT2D eigenvalue weighted by Gasteiger charge is -2.22. The lowest BCUT2D eigenvalue weighted by atomic mass is 9.78. The summed E-state index contributed by atoms with van der Waals surface area (Å²) >= 11 is 0. The van der Waals surface area contributed by atoms with Crippen LogP contribution >= 0.6 is 0 Å². The molecule has 6 heteroatoms. The van der Waals surface area contributed by atoms with E-state index in [1.54, 1.807) is 55.6 Å². The van der Waals surface area contributed by atoms with Gasteiger partial charge in [-0.3, -0.25) is 19.3 Å². The van der Waals surface area contributed by atoms with Gasteiger partial charge in [0.1, 0.15) is 5.75 Å². The molecule has 0 radical (unpaired) electrons. The van der Waals surface area contributed by atoms with E-state index in [1.165, 1.54) is 4.90 Å². The number of imide groups is 1. The summed E-state index contributed by atoms with van der Waals surface area (Å²) in [6.45, 7) is 1.97. The summed E-state index contributed by atoms with van der Waals surface area (Å²) in [5, 5.41) is 2.81. The number of methoxy groups -OCH3 is 1. The molecule has 0 saturated carbocycles. The number of fused-ring (bicyclic) bond motifs is 1. The zero-order valence-electron chi connectivity index (χ0n) is 16.3. The molecule has 0 spiro atoms. The monoisotopic (exact) mass is 390 g/mol. The van der Waals surface area contributed by atoms with E-state index in [2.05, 4.69) is 5.32 Å². The SMILES string of the molecule is COc1cccc(NC(=O)c2ccc(N3C(=O)[C@H]4[C@H](C)C=CC[C@H]4C3=O)cc2)c1. The summed E-state index contributed by atoms with van der Waals surface area (Å²) in [5.74, 6) is -0.509. The molecule has 2 aromatic carbocycles. The summed E-state index contributed by atoms with van der Waals surface area (Å²) in [5.41, 5.74) is 1.55. The van der Waals surface area contributed by atoms with Crippen molar-refractivity contribution >= 4 is 29.1 Å². The Hall–Kier alpha value is -3.41. The van der Waals surface area contributed by atoms with Crippen molar-refractivity contribution in [3.63, 3.8) is 0 Å². The molecule has 3 atom stereocenters. The first kappa shape index (κ1) is 18.9. The van der Waals surface area contributed by atoms with Gasteiger partial charge in [-0.25, -0.2) is 0 Å². The number of nitrogens with zero attached hydrogens (tertiary/aromatic N) is 1. The second kappa shape index (κ2) is 7.54. The van der Waals surface area contributed by atoms with Crippen LogP contribution in [0.15, 0.2) is 60.7 Å². The topological polar surface area (TPSA) is 75.7 Å². The van der Waals surface area contributed by atoms with Gasteiger partial charge in [0.25, 0.3) is 5.91 Å². The minimum atomic E-state index is -0.302. The summed E-state index contributed by atoms with van der Waals surface area (Å²) in [7, 11) is 1.56. The van der Waals surface area contributed by atoms with Crippen molar-refractivity contribution in [2.24, 2.45) is 17.8 Å². The first-order chi connectivity index (χ1) is 14.0. The minimum absolute atomic E-state index is 0.0446. The van der Waals surface area contributed by atoms with Gasteiger partial charge in [0, 0.05) is 17.3 Å². The van der Waals surface area contributed by atoms with Crippen molar-refractivity contribution in [1.82, 2.24) is 0 Å². The molecule has 1 saturated heterocycles. The fourth-order valence-corrected chi connectivity index (χ4v) is 4.07. The van der Waals surface area contributed by atoms with E-state index in [-0.39, 0.29) is 35.5 Å². The van der Waals surface area contributed by atoms with Gasteiger partial charge in [0.15, 0.2) is 0 Å². The van der Waals surface area contributed by atoms with Crippen LogP contribution in [0.3, 0.4) is 0 Å². The molecule has 0 unspecified atom stereocenters. The third-order valence-corrected chi connectivity index (χ3v) is 5.59. The maximum absolute atomic E-state index is 12.9. The highest BCUT2D eigenvalue weighted by Crippen LogP contribution is 2.40. The Labute approximate surface area is 169 Å². The Morgan fingerprint density at radius 3 is 2.55 bits per heavy atom. The molecule has 2 aromatic rings. The van der Waals surface area contributed by atoms with Crippen LogP contribution in [0.5, 0.6) is 5.75 Å². The van der Waals surface area contributed by atoms with Crippen molar-refractivity contribution in [2.45, 2.75) is 13.3 Å². The van der Waals surface area contributed by atoms with Gasteiger partial charge in [-0.1, -0.05) is 25.1 Å². The van der Waals surface area contributed by atoms with Crippen LogP contribution in [0.25, 0.3) is 0 Å². The van der Waals surface area contributed by atoms with Gasteiger partial charge in [-0.15, -0.1) is 0 Å². The highest BCUT2D eigenvalue weighted by molar-refractivity contribution is 6.22. The zero-order chi connectivity index (χ0) is 20.5. The molecule has 1 aliphatic carbocycles. The number of benzene rings is 2. The third-order valence-electron chi connectivity index (χ3n) is 5.59. The van der Waals surface area contributed by atoms with Crippen LogP contribution in [0, 0.1) is 17.8 Å². The van der Waals surface area contributed by atoms with E-state index in [0.717, 1.165) is 0 Å². The molecule has 4 rings (SSSR count). The van der Waals surface area contributed by atoms with Crippen molar-refractivity contribution in [2.75, 3.05) is 17.3 Å². The van der Waals surface area contributed by atoms with Crippen molar-refractivity contribution < 1.29 is 19.1 Å². The van der Waals surface area contributed by atoms with E-state index in [4.69, 9.17) is 4.74 Å². The van der Waals surface area contributed by atoms with Gasteiger partial charge in [0.2, 0.25) is 11.8 Å². The minimum Gasteiger partial charge on any atom is -0.497 e.